The van der Waals surface area contributed by atoms with Gasteiger partial charge >= 0.3 is 0 Å². The molecule has 0 atom stereocenters. The van der Waals surface area contributed by atoms with Gasteiger partial charge in [-0.25, -0.2) is 0 Å². The number of hydrogen-bond donors (Lipinski definition) is 1. The number of benzene rings is 2. The molecule has 90 valence electrons. The molecule has 0 amide bonds. The van der Waals surface area contributed by atoms with Crippen molar-refractivity contribution in [2.75, 3.05) is 0 Å². The first-order valence-electron chi connectivity index (χ1n) is 6.23. The Bertz CT molecular complexity index is 598. The van der Waals surface area contributed by atoms with Crippen LogP contribution in [0.15, 0.2) is 48.5 Å². The van der Waals surface area contributed by atoms with E-state index in [1.807, 2.05) is 36.4 Å². The van der Waals surface area contributed by atoms with Gasteiger partial charge in [0.25, 0.3) is 0 Å². The van der Waals surface area contributed by atoms with E-state index in [1.165, 1.54) is 11.1 Å². The second-order valence-electron chi connectivity index (χ2n) is 5.34. The molecule has 0 bridgehead atoms. The first-order chi connectivity index (χ1) is 8.65. The van der Waals surface area contributed by atoms with Crippen molar-refractivity contribution in [2.45, 2.75) is 23.3 Å². The minimum atomic E-state index is -1.03. The Labute approximate surface area is 111 Å². The monoisotopic (exact) mass is 256 g/mol. The molecular weight excluding hydrogens is 244 g/mol. The normalized spacial score (nSPS) is 31.9. The predicted molar refractivity (Wildman–Crippen MR) is 71.9 cm³/mol. The van der Waals surface area contributed by atoms with Gasteiger partial charge in [-0.15, -0.1) is 11.6 Å². The molecule has 0 radical (unpaired) electrons. The molecule has 2 aliphatic carbocycles. The van der Waals surface area contributed by atoms with Crippen molar-refractivity contribution in [3.63, 3.8) is 0 Å². The van der Waals surface area contributed by atoms with Crippen LogP contribution in [0, 0.1) is 0 Å². The van der Waals surface area contributed by atoms with Crippen molar-refractivity contribution in [3.8, 4) is 0 Å². The van der Waals surface area contributed by atoms with Gasteiger partial charge in [0, 0.05) is 0 Å². The third kappa shape index (κ3) is 1.03. The van der Waals surface area contributed by atoms with Crippen LogP contribution in [0.1, 0.15) is 22.3 Å². The van der Waals surface area contributed by atoms with E-state index in [-0.39, 0.29) is 0 Å². The Morgan fingerprint density at radius 3 is 1.78 bits per heavy atom. The summed E-state index contributed by atoms with van der Waals surface area (Å²) in [6, 6.07) is 16.1. The van der Waals surface area contributed by atoms with E-state index in [4.69, 9.17) is 11.6 Å². The average Bonchev–Trinajstić information content (AvgIpc) is 2.72. The second-order valence-corrected chi connectivity index (χ2v) is 6.07. The molecule has 0 saturated heterocycles. The zero-order valence-electron chi connectivity index (χ0n) is 9.86. The van der Waals surface area contributed by atoms with Crippen LogP contribution in [-0.2, 0) is 18.4 Å². The number of hydrogen-bond acceptors (Lipinski definition) is 1. The number of rotatable bonds is 0. The van der Waals surface area contributed by atoms with Gasteiger partial charge in [0.1, 0.15) is 5.60 Å². The maximum absolute atomic E-state index is 11.3. The lowest BCUT2D eigenvalue weighted by atomic mass is 9.86. The van der Waals surface area contributed by atoms with Crippen LogP contribution in [0.5, 0.6) is 0 Å². The molecule has 4 rings (SSSR count). The van der Waals surface area contributed by atoms with Crippen LogP contribution in [0.25, 0.3) is 0 Å². The number of aliphatic hydroxyl groups is 1. The fourth-order valence-electron chi connectivity index (χ4n) is 3.60. The Balaban J connectivity index is 2.06. The van der Waals surface area contributed by atoms with Crippen LogP contribution in [-0.4, -0.2) is 9.98 Å². The standard InChI is InChI=1S/C16H13ClO/c17-15-9-11-5-1-3-7-13(11)16(15,18)14-8-4-2-6-12(14)10-15/h1-8,18H,9-10H2. The maximum Gasteiger partial charge on any atom is 0.135 e. The smallest absolute Gasteiger partial charge is 0.135 e. The number of fused-ring (bicyclic) bond motifs is 5. The van der Waals surface area contributed by atoms with E-state index in [0.29, 0.717) is 0 Å². The SMILES string of the molecule is OC12c3ccccc3CC1(Cl)Cc1ccccc12. The zero-order valence-corrected chi connectivity index (χ0v) is 10.6. The fraction of sp³-hybridized carbons (Fsp3) is 0.250. The Morgan fingerprint density at radius 2 is 1.28 bits per heavy atom. The molecule has 0 unspecified atom stereocenters. The van der Waals surface area contributed by atoms with Crippen molar-refractivity contribution in [1.82, 2.24) is 0 Å². The molecule has 2 aromatic rings. The quantitative estimate of drug-likeness (QED) is 0.719. The molecule has 0 heterocycles. The van der Waals surface area contributed by atoms with Crippen LogP contribution < -0.4 is 0 Å². The highest BCUT2D eigenvalue weighted by Crippen LogP contribution is 2.58. The van der Waals surface area contributed by atoms with Crippen LogP contribution >= 0.6 is 11.6 Å². The highest BCUT2D eigenvalue weighted by atomic mass is 35.5. The molecule has 1 N–H and O–H groups in total. The molecule has 18 heavy (non-hydrogen) atoms. The first kappa shape index (κ1) is 10.6. The summed E-state index contributed by atoms with van der Waals surface area (Å²) in [5, 5.41) is 11.3. The molecule has 0 aromatic heterocycles. The van der Waals surface area contributed by atoms with Crippen LogP contribution in [0.4, 0.5) is 0 Å². The van der Waals surface area contributed by atoms with Crippen molar-refractivity contribution >= 4 is 11.6 Å². The molecule has 2 aliphatic rings. The van der Waals surface area contributed by atoms with Gasteiger partial charge in [-0.05, 0) is 35.1 Å². The fourth-order valence-corrected chi connectivity index (χ4v) is 4.10. The minimum absolute atomic E-state index is 0.611. The zero-order chi connectivity index (χ0) is 12.4. The van der Waals surface area contributed by atoms with E-state index in [2.05, 4.69) is 12.1 Å². The van der Waals surface area contributed by atoms with E-state index < -0.39 is 10.5 Å². The summed E-state index contributed by atoms with van der Waals surface area (Å²) in [5.74, 6) is 0. The van der Waals surface area contributed by atoms with Crippen molar-refractivity contribution in [2.24, 2.45) is 0 Å². The molecule has 0 saturated carbocycles. The third-order valence-electron chi connectivity index (χ3n) is 4.40. The van der Waals surface area contributed by atoms with Gasteiger partial charge < -0.3 is 5.11 Å². The Morgan fingerprint density at radius 1 is 0.833 bits per heavy atom. The molecule has 2 aromatic carbocycles. The largest absolute Gasteiger partial charge is 0.378 e. The molecule has 0 aliphatic heterocycles. The van der Waals surface area contributed by atoms with Gasteiger partial charge in [-0.2, -0.15) is 0 Å². The van der Waals surface area contributed by atoms with Gasteiger partial charge in [0.2, 0.25) is 0 Å². The second kappa shape index (κ2) is 3.17. The van der Waals surface area contributed by atoms with Crippen LogP contribution in [0.2, 0.25) is 0 Å². The molecule has 0 fully saturated rings. The molecular formula is C16H13ClO. The van der Waals surface area contributed by atoms with Crippen molar-refractivity contribution < 1.29 is 5.11 Å². The minimum Gasteiger partial charge on any atom is -0.378 e. The maximum atomic E-state index is 11.3. The van der Waals surface area contributed by atoms with Gasteiger partial charge in [-0.3, -0.25) is 0 Å². The third-order valence-corrected chi connectivity index (χ3v) is 4.94. The Hall–Kier alpha value is -1.31. The molecule has 2 heteroatoms. The average molecular weight is 257 g/mol. The summed E-state index contributed by atoms with van der Waals surface area (Å²) in [7, 11) is 0. The van der Waals surface area contributed by atoms with Gasteiger partial charge in [0.05, 0.1) is 4.87 Å². The summed E-state index contributed by atoms with van der Waals surface area (Å²) >= 11 is 6.79. The number of alkyl halides is 1. The summed E-state index contributed by atoms with van der Waals surface area (Å²) in [5.41, 5.74) is 3.27. The Kier molecular flexibility index (Phi) is 1.87. The van der Waals surface area contributed by atoms with Gasteiger partial charge in [0.15, 0.2) is 0 Å². The van der Waals surface area contributed by atoms with Crippen molar-refractivity contribution in [3.05, 3.63) is 70.8 Å². The lowest BCUT2D eigenvalue weighted by Gasteiger charge is -2.32. The van der Waals surface area contributed by atoms with Gasteiger partial charge in [-0.1, -0.05) is 48.5 Å². The highest BCUT2D eigenvalue weighted by Gasteiger charge is 2.61. The number of halogens is 1. The van der Waals surface area contributed by atoms with E-state index in [1.54, 1.807) is 0 Å². The highest BCUT2D eigenvalue weighted by molar-refractivity contribution is 6.26. The molecule has 1 nitrogen and oxygen atoms in total. The summed E-state index contributed by atoms with van der Waals surface area (Å²) in [6.07, 6.45) is 1.46. The predicted octanol–water partition coefficient (Wildman–Crippen LogP) is 3.01. The first-order valence-corrected chi connectivity index (χ1v) is 6.61. The lowest BCUT2D eigenvalue weighted by Crippen LogP contribution is -2.41. The molecule has 0 spiro atoms. The topological polar surface area (TPSA) is 20.2 Å². The van der Waals surface area contributed by atoms with Crippen LogP contribution in [0.3, 0.4) is 0 Å². The summed E-state index contributed by atoms with van der Waals surface area (Å²) in [4.78, 5) is -0.611. The van der Waals surface area contributed by atoms with E-state index >= 15 is 0 Å². The summed E-state index contributed by atoms with van der Waals surface area (Å²) in [6.45, 7) is 0. The summed E-state index contributed by atoms with van der Waals surface area (Å²) < 4.78 is 0. The lowest BCUT2D eigenvalue weighted by molar-refractivity contribution is 0.0582. The van der Waals surface area contributed by atoms with E-state index in [0.717, 1.165) is 24.0 Å². The van der Waals surface area contributed by atoms with E-state index in [9.17, 15) is 5.11 Å². The van der Waals surface area contributed by atoms with Crippen molar-refractivity contribution in [1.29, 1.82) is 0 Å².